The monoisotopic (exact) mass is 312 g/mol. The number of amides is 1. The molecule has 0 aliphatic heterocycles. The van der Waals surface area contributed by atoms with E-state index in [1.807, 2.05) is 6.92 Å². The van der Waals surface area contributed by atoms with E-state index in [-0.39, 0.29) is 16.8 Å². The quantitative estimate of drug-likeness (QED) is 0.804. The van der Waals surface area contributed by atoms with Crippen LogP contribution in [0.2, 0.25) is 0 Å². The summed E-state index contributed by atoms with van der Waals surface area (Å²) in [5, 5.41) is 8.02. The number of rotatable bonds is 7. The number of hydrogen-bond donors (Lipinski definition) is 2. The van der Waals surface area contributed by atoms with Gasteiger partial charge in [0.15, 0.2) is 0 Å². The van der Waals surface area contributed by atoms with Crippen LogP contribution in [0.15, 0.2) is 29.2 Å². The van der Waals surface area contributed by atoms with E-state index in [1.54, 1.807) is 12.1 Å². The number of carbonyl (C=O) groups excluding carboxylic acids is 1. The molecule has 0 heterocycles. The van der Waals surface area contributed by atoms with Gasteiger partial charge < -0.3 is 5.32 Å². The number of sulfonamides is 1. The van der Waals surface area contributed by atoms with Crippen LogP contribution in [0, 0.1) is 5.92 Å². The van der Waals surface area contributed by atoms with E-state index in [0.29, 0.717) is 18.8 Å². The number of benzene rings is 1. The maximum atomic E-state index is 11.8. The molecule has 21 heavy (non-hydrogen) atoms. The van der Waals surface area contributed by atoms with Crippen LogP contribution in [0.1, 0.15) is 39.2 Å². The molecular weight excluding hydrogens is 288 g/mol. The molecule has 0 radical (unpaired) electrons. The van der Waals surface area contributed by atoms with Gasteiger partial charge in [0, 0.05) is 12.5 Å². The molecular formula is C15H24N2O3S. The summed E-state index contributed by atoms with van der Waals surface area (Å²) in [6.45, 7) is 6.21. The number of nitrogens with one attached hydrogen (secondary N) is 1. The third-order valence-electron chi connectivity index (χ3n) is 3.78. The lowest BCUT2D eigenvalue weighted by molar-refractivity contribution is -0.122. The Bertz CT molecular complexity index is 567. The lowest BCUT2D eigenvalue weighted by Gasteiger charge is -2.19. The average molecular weight is 312 g/mol. The van der Waals surface area contributed by atoms with E-state index in [4.69, 9.17) is 5.14 Å². The molecule has 0 spiro atoms. The van der Waals surface area contributed by atoms with Crippen LogP contribution >= 0.6 is 0 Å². The highest BCUT2D eigenvalue weighted by Crippen LogP contribution is 2.11. The van der Waals surface area contributed by atoms with Crippen LogP contribution < -0.4 is 10.5 Å². The highest BCUT2D eigenvalue weighted by Gasteiger charge is 2.13. The van der Waals surface area contributed by atoms with Crippen molar-refractivity contribution in [2.45, 2.75) is 51.0 Å². The molecule has 1 aromatic rings. The smallest absolute Gasteiger partial charge is 0.238 e. The number of hydrogen-bond acceptors (Lipinski definition) is 3. The Labute approximate surface area is 127 Å². The van der Waals surface area contributed by atoms with Gasteiger partial charge in [0.05, 0.1) is 4.90 Å². The molecule has 0 saturated heterocycles. The SMILES string of the molecule is CCC(C)C(C)NC(=O)CCc1ccc(S(N)(=O)=O)cc1. The van der Waals surface area contributed by atoms with Crippen LogP contribution in [-0.4, -0.2) is 20.4 Å². The Hall–Kier alpha value is -1.40. The molecule has 0 saturated carbocycles. The Morgan fingerprint density at radius 3 is 2.29 bits per heavy atom. The van der Waals surface area contributed by atoms with Crippen molar-refractivity contribution in [1.29, 1.82) is 0 Å². The van der Waals surface area contributed by atoms with Crippen LogP contribution in [0.3, 0.4) is 0 Å². The fourth-order valence-corrected chi connectivity index (χ4v) is 2.44. The van der Waals surface area contributed by atoms with Gasteiger partial charge in [-0.05, 0) is 37.0 Å². The summed E-state index contributed by atoms with van der Waals surface area (Å²) in [5.74, 6) is 0.460. The molecule has 0 bridgehead atoms. The number of primary sulfonamides is 1. The first-order valence-electron chi connectivity index (χ1n) is 7.15. The third kappa shape index (κ3) is 5.85. The standard InChI is InChI=1S/C15H24N2O3S/c1-4-11(2)12(3)17-15(18)10-7-13-5-8-14(9-6-13)21(16,19)20/h5-6,8-9,11-12H,4,7,10H2,1-3H3,(H,17,18)(H2,16,19,20). The molecule has 0 aliphatic rings. The third-order valence-corrected chi connectivity index (χ3v) is 4.71. The van der Waals surface area contributed by atoms with E-state index in [0.717, 1.165) is 12.0 Å². The van der Waals surface area contributed by atoms with E-state index < -0.39 is 10.0 Å². The predicted molar refractivity (Wildman–Crippen MR) is 83.2 cm³/mol. The molecule has 1 aromatic carbocycles. The van der Waals surface area contributed by atoms with Gasteiger partial charge in [-0.2, -0.15) is 0 Å². The lowest BCUT2D eigenvalue weighted by Crippen LogP contribution is -2.36. The second-order valence-electron chi connectivity index (χ2n) is 5.43. The van der Waals surface area contributed by atoms with Gasteiger partial charge in [-0.3, -0.25) is 4.79 Å². The van der Waals surface area contributed by atoms with Crippen LogP contribution in [0.5, 0.6) is 0 Å². The van der Waals surface area contributed by atoms with Crippen LogP contribution in [0.4, 0.5) is 0 Å². The van der Waals surface area contributed by atoms with Gasteiger partial charge in [0.25, 0.3) is 0 Å². The first-order valence-corrected chi connectivity index (χ1v) is 8.69. The second-order valence-corrected chi connectivity index (χ2v) is 6.99. The Morgan fingerprint density at radius 2 is 1.81 bits per heavy atom. The summed E-state index contributed by atoms with van der Waals surface area (Å²) in [4.78, 5) is 11.9. The van der Waals surface area contributed by atoms with Crippen molar-refractivity contribution in [2.75, 3.05) is 0 Å². The molecule has 2 unspecified atom stereocenters. The van der Waals surface area contributed by atoms with Crippen molar-refractivity contribution >= 4 is 15.9 Å². The zero-order valence-corrected chi connectivity index (χ0v) is 13.6. The van der Waals surface area contributed by atoms with Crippen molar-refractivity contribution < 1.29 is 13.2 Å². The van der Waals surface area contributed by atoms with Gasteiger partial charge in [-0.15, -0.1) is 0 Å². The Balaban J connectivity index is 2.50. The topological polar surface area (TPSA) is 89.3 Å². The first kappa shape index (κ1) is 17.7. The number of carbonyl (C=O) groups is 1. The Kier molecular flexibility index (Phi) is 6.36. The van der Waals surface area contributed by atoms with Crippen LogP contribution in [0.25, 0.3) is 0 Å². The van der Waals surface area contributed by atoms with Gasteiger partial charge in [-0.1, -0.05) is 32.4 Å². The maximum Gasteiger partial charge on any atom is 0.238 e. The fraction of sp³-hybridized carbons (Fsp3) is 0.533. The van der Waals surface area contributed by atoms with Crippen molar-refractivity contribution in [3.8, 4) is 0 Å². The summed E-state index contributed by atoms with van der Waals surface area (Å²) in [6, 6.07) is 6.46. The molecule has 5 nitrogen and oxygen atoms in total. The molecule has 0 fully saturated rings. The molecule has 6 heteroatoms. The molecule has 3 N–H and O–H groups in total. The normalized spacial score (nSPS) is 14.5. The van der Waals surface area contributed by atoms with Crippen molar-refractivity contribution in [3.05, 3.63) is 29.8 Å². The predicted octanol–water partition coefficient (Wildman–Crippen LogP) is 1.82. The van der Waals surface area contributed by atoms with E-state index in [1.165, 1.54) is 12.1 Å². The molecule has 1 rings (SSSR count). The van der Waals surface area contributed by atoms with Crippen molar-refractivity contribution in [3.63, 3.8) is 0 Å². The first-order chi connectivity index (χ1) is 9.74. The van der Waals surface area contributed by atoms with E-state index in [2.05, 4.69) is 19.2 Å². The van der Waals surface area contributed by atoms with Gasteiger partial charge in [0.1, 0.15) is 0 Å². The number of nitrogens with two attached hydrogens (primary N) is 1. The summed E-state index contributed by atoms with van der Waals surface area (Å²) < 4.78 is 22.3. The molecule has 0 aliphatic carbocycles. The molecule has 118 valence electrons. The van der Waals surface area contributed by atoms with Gasteiger partial charge in [-0.25, -0.2) is 13.6 Å². The van der Waals surface area contributed by atoms with E-state index >= 15 is 0 Å². The summed E-state index contributed by atoms with van der Waals surface area (Å²) in [6.07, 6.45) is 1.98. The minimum absolute atomic E-state index is 0.0123. The van der Waals surface area contributed by atoms with Gasteiger partial charge in [0.2, 0.25) is 15.9 Å². The maximum absolute atomic E-state index is 11.8. The minimum atomic E-state index is -3.66. The van der Waals surface area contributed by atoms with E-state index in [9.17, 15) is 13.2 Å². The largest absolute Gasteiger partial charge is 0.353 e. The zero-order valence-electron chi connectivity index (χ0n) is 12.8. The lowest BCUT2D eigenvalue weighted by atomic mass is 10.0. The zero-order chi connectivity index (χ0) is 16.0. The Morgan fingerprint density at radius 1 is 1.24 bits per heavy atom. The highest BCUT2D eigenvalue weighted by molar-refractivity contribution is 7.89. The molecule has 2 atom stereocenters. The second kappa shape index (κ2) is 7.56. The number of aryl methyl sites for hydroxylation is 1. The molecule has 1 amide bonds. The fourth-order valence-electron chi connectivity index (χ4n) is 1.93. The summed E-state index contributed by atoms with van der Waals surface area (Å²) in [5.41, 5.74) is 0.911. The summed E-state index contributed by atoms with van der Waals surface area (Å²) >= 11 is 0. The van der Waals surface area contributed by atoms with Crippen molar-refractivity contribution in [1.82, 2.24) is 5.32 Å². The minimum Gasteiger partial charge on any atom is -0.353 e. The van der Waals surface area contributed by atoms with Crippen molar-refractivity contribution in [2.24, 2.45) is 11.1 Å². The average Bonchev–Trinajstić information content (AvgIpc) is 2.43. The van der Waals surface area contributed by atoms with Crippen LogP contribution in [-0.2, 0) is 21.2 Å². The molecule has 0 aromatic heterocycles. The van der Waals surface area contributed by atoms with Gasteiger partial charge >= 0.3 is 0 Å². The summed E-state index contributed by atoms with van der Waals surface area (Å²) in [7, 11) is -3.66. The highest BCUT2D eigenvalue weighted by atomic mass is 32.2.